The van der Waals surface area contributed by atoms with Crippen molar-refractivity contribution in [3.63, 3.8) is 0 Å². The second kappa shape index (κ2) is 5.37. The maximum absolute atomic E-state index is 6.42. The van der Waals surface area contributed by atoms with E-state index in [-0.39, 0.29) is 5.54 Å². The first-order valence-corrected chi connectivity index (χ1v) is 7.33. The normalized spacial score (nSPS) is 18.1. The Hall–Kier alpha value is -1.68. The summed E-state index contributed by atoms with van der Waals surface area (Å²) >= 11 is 0. The van der Waals surface area contributed by atoms with E-state index in [0.717, 1.165) is 25.7 Å². The third-order valence-corrected chi connectivity index (χ3v) is 4.14. The molecule has 0 radical (unpaired) electrons. The van der Waals surface area contributed by atoms with Crippen LogP contribution in [0, 0.1) is 6.92 Å². The predicted molar refractivity (Wildman–Crippen MR) is 77.2 cm³/mol. The Morgan fingerprint density at radius 1 is 1.15 bits per heavy atom. The molecule has 1 aromatic heterocycles. The van der Waals surface area contributed by atoms with Gasteiger partial charge in [-0.15, -0.1) is 0 Å². The summed E-state index contributed by atoms with van der Waals surface area (Å²) in [6, 6.07) is 8.38. The molecular weight excluding hydrogens is 250 g/mol. The van der Waals surface area contributed by atoms with Crippen molar-refractivity contribution in [2.24, 2.45) is 5.73 Å². The fourth-order valence-electron chi connectivity index (χ4n) is 2.82. The van der Waals surface area contributed by atoms with Crippen LogP contribution in [-0.4, -0.2) is 10.1 Å². The smallest absolute Gasteiger partial charge is 0.231 e. The van der Waals surface area contributed by atoms with E-state index >= 15 is 0 Å². The fourth-order valence-corrected chi connectivity index (χ4v) is 2.82. The van der Waals surface area contributed by atoms with Gasteiger partial charge in [-0.25, -0.2) is 0 Å². The minimum atomic E-state index is -0.382. The molecule has 3 rings (SSSR count). The molecule has 0 aliphatic heterocycles. The second-order valence-electron chi connectivity index (χ2n) is 5.89. The highest BCUT2D eigenvalue weighted by Gasteiger charge is 2.34. The van der Waals surface area contributed by atoms with Crippen molar-refractivity contribution >= 4 is 0 Å². The number of aromatic nitrogens is 2. The molecule has 1 aromatic carbocycles. The number of benzene rings is 1. The van der Waals surface area contributed by atoms with Crippen molar-refractivity contribution in [1.82, 2.24) is 10.1 Å². The highest BCUT2D eigenvalue weighted by molar-refractivity contribution is 5.23. The van der Waals surface area contributed by atoms with Crippen LogP contribution in [0.15, 0.2) is 28.8 Å². The van der Waals surface area contributed by atoms with E-state index in [9.17, 15) is 0 Å². The summed E-state index contributed by atoms with van der Waals surface area (Å²) < 4.78 is 5.38. The SMILES string of the molecule is Cc1ccc(Cc2nc(C3(N)CCCCC3)no2)cc1. The van der Waals surface area contributed by atoms with Crippen LogP contribution in [-0.2, 0) is 12.0 Å². The van der Waals surface area contributed by atoms with Gasteiger partial charge in [-0.05, 0) is 25.3 Å². The molecule has 1 fully saturated rings. The lowest BCUT2D eigenvalue weighted by molar-refractivity contribution is 0.273. The summed E-state index contributed by atoms with van der Waals surface area (Å²) in [4.78, 5) is 4.52. The number of aryl methyl sites for hydroxylation is 1. The molecule has 0 saturated heterocycles. The molecule has 2 N–H and O–H groups in total. The van der Waals surface area contributed by atoms with Gasteiger partial charge in [0.25, 0.3) is 0 Å². The fraction of sp³-hybridized carbons (Fsp3) is 0.500. The van der Waals surface area contributed by atoms with Gasteiger partial charge >= 0.3 is 0 Å². The van der Waals surface area contributed by atoms with E-state index in [0.29, 0.717) is 18.1 Å². The van der Waals surface area contributed by atoms with Crippen LogP contribution >= 0.6 is 0 Å². The Kier molecular flexibility index (Phi) is 3.57. The standard InChI is InChI=1S/C16H21N3O/c1-12-5-7-13(8-6-12)11-14-18-15(19-20-14)16(17)9-3-2-4-10-16/h5-8H,2-4,9-11,17H2,1H3. The number of nitrogens with two attached hydrogens (primary N) is 1. The minimum absolute atomic E-state index is 0.382. The molecular formula is C16H21N3O. The Bertz CT molecular complexity index is 568. The number of nitrogens with zero attached hydrogens (tertiary/aromatic N) is 2. The molecule has 4 heteroatoms. The van der Waals surface area contributed by atoms with Gasteiger partial charge in [0.15, 0.2) is 5.82 Å². The monoisotopic (exact) mass is 271 g/mol. The zero-order chi connectivity index (χ0) is 14.0. The van der Waals surface area contributed by atoms with E-state index < -0.39 is 0 Å². The molecule has 106 valence electrons. The average molecular weight is 271 g/mol. The van der Waals surface area contributed by atoms with Gasteiger partial charge in [0.05, 0.1) is 12.0 Å². The summed E-state index contributed by atoms with van der Waals surface area (Å²) in [6.07, 6.45) is 6.14. The molecule has 2 aromatic rings. The molecule has 0 amide bonds. The molecule has 0 unspecified atom stereocenters. The van der Waals surface area contributed by atoms with Crippen LogP contribution < -0.4 is 5.73 Å². The van der Waals surface area contributed by atoms with Crippen molar-refractivity contribution in [2.45, 2.75) is 51.0 Å². The number of hydrogen-bond donors (Lipinski definition) is 1. The van der Waals surface area contributed by atoms with Gasteiger partial charge in [-0.2, -0.15) is 4.98 Å². The van der Waals surface area contributed by atoms with Crippen molar-refractivity contribution in [2.75, 3.05) is 0 Å². The van der Waals surface area contributed by atoms with Gasteiger partial charge < -0.3 is 10.3 Å². The largest absolute Gasteiger partial charge is 0.339 e. The molecule has 0 atom stereocenters. The van der Waals surface area contributed by atoms with Gasteiger partial charge in [-0.1, -0.05) is 54.2 Å². The van der Waals surface area contributed by atoms with E-state index in [2.05, 4.69) is 41.3 Å². The average Bonchev–Trinajstić information content (AvgIpc) is 2.92. The van der Waals surface area contributed by atoms with E-state index in [1.54, 1.807) is 0 Å². The topological polar surface area (TPSA) is 64.9 Å². The van der Waals surface area contributed by atoms with E-state index in [1.807, 2.05) is 0 Å². The summed E-state index contributed by atoms with van der Waals surface area (Å²) in [5, 5.41) is 4.11. The van der Waals surface area contributed by atoms with Gasteiger partial charge in [0.2, 0.25) is 5.89 Å². The Morgan fingerprint density at radius 3 is 2.55 bits per heavy atom. The van der Waals surface area contributed by atoms with Crippen LogP contribution in [0.1, 0.15) is 54.9 Å². The first kappa shape index (κ1) is 13.3. The molecule has 0 spiro atoms. The predicted octanol–water partition coefficient (Wildman–Crippen LogP) is 3.09. The molecule has 1 saturated carbocycles. The van der Waals surface area contributed by atoms with Crippen molar-refractivity contribution in [3.8, 4) is 0 Å². The van der Waals surface area contributed by atoms with Crippen LogP contribution in [0.3, 0.4) is 0 Å². The first-order chi connectivity index (χ1) is 9.66. The Labute approximate surface area is 119 Å². The molecule has 1 heterocycles. The molecule has 0 bridgehead atoms. The third-order valence-electron chi connectivity index (χ3n) is 4.14. The highest BCUT2D eigenvalue weighted by Crippen LogP contribution is 2.33. The third kappa shape index (κ3) is 2.75. The summed E-state index contributed by atoms with van der Waals surface area (Å²) in [7, 11) is 0. The van der Waals surface area contributed by atoms with Crippen molar-refractivity contribution < 1.29 is 4.52 Å². The van der Waals surface area contributed by atoms with Crippen molar-refractivity contribution in [1.29, 1.82) is 0 Å². The van der Waals surface area contributed by atoms with Gasteiger partial charge in [0.1, 0.15) is 0 Å². The lowest BCUT2D eigenvalue weighted by atomic mass is 9.82. The minimum Gasteiger partial charge on any atom is -0.339 e. The quantitative estimate of drug-likeness (QED) is 0.931. The van der Waals surface area contributed by atoms with Crippen LogP contribution in [0.5, 0.6) is 0 Å². The van der Waals surface area contributed by atoms with Crippen LogP contribution in [0.4, 0.5) is 0 Å². The molecule has 20 heavy (non-hydrogen) atoms. The lowest BCUT2D eigenvalue weighted by Crippen LogP contribution is -2.39. The molecule has 1 aliphatic rings. The number of hydrogen-bond acceptors (Lipinski definition) is 4. The first-order valence-electron chi connectivity index (χ1n) is 7.33. The Balaban J connectivity index is 1.74. The summed E-state index contributed by atoms with van der Waals surface area (Å²) in [6.45, 7) is 2.08. The summed E-state index contributed by atoms with van der Waals surface area (Å²) in [5.74, 6) is 1.33. The van der Waals surface area contributed by atoms with Crippen LogP contribution in [0.2, 0.25) is 0 Å². The molecule has 4 nitrogen and oxygen atoms in total. The maximum atomic E-state index is 6.42. The lowest BCUT2D eigenvalue weighted by Gasteiger charge is -2.29. The van der Waals surface area contributed by atoms with E-state index in [1.165, 1.54) is 17.5 Å². The Morgan fingerprint density at radius 2 is 1.85 bits per heavy atom. The zero-order valence-corrected chi connectivity index (χ0v) is 11.9. The summed E-state index contributed by atoms with van der Waals surface area (Å²) in [5.41, 5.74) is 8.47. The van der Waals surface area contributed by atoms with E-state index in [4.69, 9.17) is 10.3 Å². The van der Waals surface area contributed by atoms with Crippen molar-refractivity contribution in [3.05, 3.63) is 47.1 Å². The van der Waals surface area contributed by atoms with Gasteiger partial charge in [-0.3, -0.25) is 0 Å². The number of rotatable bonds is 3. The second-order valence-corrected chi connectivity index (χ2v) is 5.89. The van der Waals surface area contributed by atoms with Gasteiger partial charge in [0, 0.05) is 0 Å². The zero-order valence-electron chi connectivity index (χ0n) is 11.9. The van der Waals surface area contributed by atoms with Crippen LogP contribution in [0.25, 0.3) is 0 Å². The maximum Gasteiger partial charge on any atom is 0.231 e. The highest BCUT2D eigenvalue weighted by atomic mass is 16.5. The molecule has 1 aliphatic carbocycles.